The van der Waals surface area contributed by atoms with E-state index in [1.54, 1.807) is 6.92 Å². The first-order valence-corrected chi connectivity index (χ1v) is 11.1. The van der Waals surface area contributed by atoms with Crippen LogP contribution in [0.1, 0.15) is 75.0 Å². The maximum Gasteiger partial charge on any atom is 0.236 e. The van der Waals surface area contributed by atoms with Gasteiger partial charge in [0.15, 0.2) is 0 Å². The zero-order valence-corrected chi connectivity index (χ0v) is 17.8. The topological polar surface area (TPSA) is 69.6 Å². The van der Waals surface area contributed by atoms with Crippen LogP contribution in [0.15, 0.2) is 6.20 Å². The number of carbonyl (C=O) groups is 2. The summed E-state index contributed by atoms with van der Waals surface area (Å²) >= 11 is 0. The lowest BCUT2D eigenvalue weighted by molar-refractivity contribution is -0.134. The van der Waals surface area contributed by atoms with E-state index in [0.717, 1.165) is 62.3 Å². The summed E-state index contributed by atoms with van der Waals surface area (Å²) < 4.78 is 0. The fraction of sp³-hybridized carbons (Fsp3) is 0.727. The van der Waals surface area contributed by atoms with E-state index in [-0.39, 0.29) is 17.9 Å². The van der Waals surface area contributed by atoms with E-state index in [9.17, 15) is 9.59 Å². The van der Waals surface area contributed by atoms with Gasteiger partial charge in [-0.05, 0) is 32.2 Å². The van der Waals surface area contributed by atoms with Crippen LogP contribution in [0.2, 0.25) is 0 Å². The van der Waals surface area contributed by atoms with Crippen LogP contribution in [-0.4, -0.2) is 69.2 Å². The first-order chi connectivity index (χ1) is 14.0. The van der Waals surface area contributed by atoms with Crippen LogP contribution in [0.4, 0.5) is 0 Å². The molecule has 0 spiro atoms. The molecule has 1 atom stereocenters. The highest BCUT2D eigenvalue weighted by atomic mass is 16.2. The Morgan fingerprint density at radius 2 is 1.93 bits per heavy atom. The van der Waals surface area contributed by atoms with Crippen LogP contribution in [0.5, 0.6) is 0 Å². The quantitative estimate of drug-likeness (QED) is 0.777. The molecule has 2 fully saturated rings. The lowest BCUT2D eigenvalue weighted by Gasteiger charge is -2.33. The number of aromatic nitrogens is 2. The lowest BCUT2D eigenvalue weighted by atomic mass is 9.94. The highest BCUT2D eigenvalue weighted by Gasteiger charge is 2.32. The van der Waals surface area contributed by atoms with Gasteiger partial charge < -0.3 is 9.80 Å². The highest BCUT2D eigenvalue weighted by Crippen LogP contribution is 2.31. The molecule has 0 unspecified atom stereocenters. The Morgan fingerprint density at radius 1 is 1.14 bits per heavy atom. The molecule has 1 saturated heterocycles. The molecule has 0 bridgehead atoms. The van der Waals surface area contributed by atoms with Crippen molar-refractivity contribution in [3.63, 3.8) is 0 Å². The Balaban J connectivity index is 1.42. The molecule has 0 radical (unpaired) electrons. The Labute approximate surface area is 173 Å². The van der Waals surface area contributed by atoms with Crippen molar-refractivity contribution in [3.05, 3.63) is 23.3 Å². The van der Waals surface area contributed by atoms with E-state index < -0.39 is 0 Å². The van der Waals surface area contributed by atoms with E-state index in [1.807, 2.05) is 23.0 Å². The number of hydrogen-bond donors (Lipinski definition) is 0. The second-order valence-electron chi connectivity index (χ2n) is 8.82. The van der Waals surface area contributed by atoms with E-state index >= 15 is 0 Å². The van der Waals surface area contributed by atoms with Crippen molar-refractivity contribution in [1.29, 1.82) is 0 Å². The monoisotopic (exact) mass is 399 g/mol. The molecule has 1 aliphatic carbocycles. The second kappa shape index (κ2) is 8.78. The summed E-state index contributed by atoms with van der Waals surface area (Å²) in [6.07, 6.45) is 10.8. The smallest absolute Gasteiger partial charge is 0.236 e. The Bertz CT molecular complexity index is 762. The van der Waals surface area contributed by atoms with Gasteiger partial charge in [-0.3, -0.25) is 14.5 Å². The molecule has 1 aromatic heterocycles. The molecule has 3 heterocycles. The maximum absolute atomic E-state index is 12.9. The molecule has 0 aromatic carbocycles. The number of amides is 2. The minimum absolute atomic E-state index is 0.0993. The van der Waals surface area contributed by atoms with E-state index in [0.29, 0.717) is 19.1 Å². The zero-order chi connectivity index (χ0) is 20.4. The van der Waals surface area contributed by atoms with Crippen molar-refractivity contribution in [2.24, 2.45) is 0 Å². The molecule has 2 amide bonds. The van der Waals surface area contributed by atoms with Crippen LogP contribution < -0.4 is 0 Å². The Hall–Kier alpha value is -2.02. The maximum atomic E-state index is 12.9. The molecular weight excluding hydrogens is 366 g/mol. The third kappa shape index (κ3) is 4.44. The van der Waals surface area contributed by atoms with Gasteiger partial charge in [-0.1, -0.05) is 19.3 Å². The molecule has 2 aliphatic heterocycles. The SMILES string of the molecule is CC(=O)N1CCc2nc([C@H]3CCCN3CC(=O)N(C)C3CCCCC3)ncc2C1. The van der Waals surface area contributed by atoms with Gasteiger partial charge in [-0.2, -0.15) is 0 Å². The van der Waals surface area contributed by atoms with Crippen molar-refractivity contribution < 1.29 is 9.59 Å². The van der Waals surface area contributed by atoms with E-state index in [1.165, 1.54) is 19.3 Å². The first-order valence-electron chi connectivity index (χ1n) is 11.1. The summed E-state index contributed by atoms with van der Waals surface area (Å²) in [4.78, 5) is 40.1. The van der Waals surface area contributed by atoms with Crippen LogP contribution in [0.3, 0.4) is 0 Å². The molecule has 0 N–H and O–H groups in total. The minimum atomic E-state index is 0.0993. The van der Waals surface area contributed by atoms with Crippen LogP contribution in [-0.2, 0) is 22.6 Å². The molecule has 1 saturated carbocycles. The third-order valence-corrected chi connectivity index (χ3v) is 6.91. The largest absolute Gasteiger partial charge is 0.342 e. The highest BCUT2D eigenvalue weighted by molar-refractivity contribution is 5.78. The number of nitrogens with zero attached hydrogens (tertiary/aromatic N) is 5. The summed E-state index contributed by atoms with van der Waals surface area (Å²) in [5.74, 6) is 1.16. The summed E-state index contributed by atoms with van der Waals surface area (Å²) in [6, 6.07) is 0.524. The van der Waals surface area contributed by atoms with Gasteiger partial charge in [-0.15, -0.1) is 0 Å². The average molecular weight is 400 g/mol. The zero-order valence-electron chi connectivity index (χ0n) is 17.8. The van der Waals surface area contributed by atoms with Gasteiger partial charge in [0.05, 0.1) is 18.3 Å². The summed E-state index contributed by atoms with van der Waals surface area (Å²) in [7, 11) is 1.97. The predicted molar refractivity (Wildman–Crippen MR) is 110 cm³/mol. The van der Waals surface area contributed by atoms with Crippen LogP contribution in [0, 0.1) is 0 Å². The van der Waals surface area contributed by atoms with Gasteiger partial charge in [0.2, 0.25) is 11.8 Å². The van der Waals surface area contributed by atoms with Crippen molar-refractivity contribution in [2.45, 2.75) is 76.9 Å². The molecule has 7 heteroatoms. The van der Waals surface area contributed by atoms with Crippen molar-refractivity contribution >= 4 is 11.8 Å². The first kappa shape index (κ1) is 20.3. The van der Waals surface area contributed by atoms with Crippen molar-refractivity contribution in [3.8, 4) is 0 Å². The van der Waals surface area contributed by atoms with Gasteiger partial charge in [-0.25, -0.2) is 9.97 Å². The molecule has 29 heavy (non-hydrogen) atoms. The summed E-state index contributed by atoms with van der Waals surface area (Å²) in [5.41, 5.74) is 2.11. The van der Waals surface area contributed by atoms with E-state index in [2.05, 4.69) is 9.88 Å². The molecule has 1 aromatic rings. The number of fused-ring (bicyclic) bond motifs is 1. The average Bonchev–Trinajstić information content (AvgIpc) is 3.21. The number of likely N-dealkylation sites (N-methyl/N-ethyl adjacent to an activating group) is 1. The fourth-order valence-corrected chi connectivity index (χ4v) is 5.03. The number of likely N-dealkylation sites (tertiary alicyclic amines) is 1. The fourth-order valence-electron chi connectivity index (χ4n) is 5.03. The standard InChI is InChI=1S/C22H33N5O2/c1-16(28)26-12-10-19-17(14-26)13-23-22(24-19)20-9-6-11-27(20)15-21(29)25(2)18-7-4-3-5-8-18/h13,18,20H,3-12,14-15H2,1-2H3/t20-/m1/s1. The van der Waals surface area contributed by atoms with Crippen LogP contribution >= 0.6 is 0 Å². The second-order valence-corrected chi connectivity index (χ2v) is 8.82. The van der Waals surface area contributed by atoms with Gasteiger partial charge in [0.1, 0.15) is 5.82 Å². The number of hydrogen-bond acceptors (Lipinski definition) is 5. The third-order valence-electron chi connectivity index (χ3n) is 6.91. The van der Waals surface area contributed by atoms with Crippen LogP contribution in [0.25, 0.3) is 0 Å². The van der Waals surface area contributed by atoms with Gasteiger partial charge in [0.25, 0.3) is 0 Å². The normalized spacial score (nSPS) is 23.1. The molecule has 3 aliphatic rings. The summed E-state index contributed by atoms with van der Waals surface area (Å²) in [5, 5.41) is 0. The van der Waals surface area contributed by atoms with Gasteiger partial charge >= 0.3 is 0 Å². The molecule has 7 nitrogen and oxygen atoms in total. The molecule has 4 rings (SSSR count). The molecular formula is C22H33N5O2. The Kier molecular flexibility index (Phi) is 6.13. The molecule has 158 valence electrons. The lowest BCUT2D eigenvalue weighted by Crippen LogP contribution is -2.44. The Morgan fingerprint density at radius 3 is 2.69 bits per heavy atom. The predicted octanol–water partition coefficient (Wildman–Crippen LogP) is 2.31. The number of carbonyl (C=O) groups excluding carboxylic acids is 2. The van der Waals surface area contributed by atoms with Crippen molar-refractivity contribution in [2.75, 3.05) is 26.7 Å². The van der Waals surface area contributed by atoms with Gasteiger partial charge in [0, 0.05) is 51.3 Å². The summed E-state index contributed by atoms with van der Waals surface area (Å²) in [6.45, 7) is 4.31. The van der Waals surface area contributed by atoms with Crippen molar-refractivity contribution in [1.82, 2.24) is 24.7 Å². The van der Waals surface area contributed by atoms with E-state index in [4.69, 9.17) is 4.98 Å². The minimum Gasteiger partial charge on any atom is -0.342 e. The number of rotatable bonds is 4.